The molecular weight excluding hydrogens is 136 g/mol. The van der Waals surface area contributed by atoms with Gasteiger partial charge in [-0.1, -0.05) is 12.7 Å². The Morgan fingerprint density at radius 1 is 1.64 bits per heavy atom. The fourth-order valence-electron chi connectivity index (χ4n) is 0.815. The quantitative estimate of drug-likeness (QED) is 0.481. The molecule has 0 spiro atoms. The summed E-state index contributed by atoms with van der Waals surface area (Å²) in [6.45, 7) is 8.42. The van der Waals surface area contributed by atoms with Gasteiger partial charge < -0.3 is 5.32 Å². The fraction of sp³-hybridized carbons (Fsp3) is 0.444. The van der Waals surface area contributed by atoms with E-state index in [2.05, 4.69) is 16.9 Å². The first-order valence-electron chi connectivity index (χ1n) is 3.71. The molecule has 0 saturated heterocycles. The number of nitrogens with zero attached hydrogens (tertiary/aromatic N) is 1. The molecule has 0 aliphatic heterocycles. The van der Waals surface area contributed by atoms with Gasteiger partial charge in [0.2, 0.25) is 0 Å². The van der Waals surface area contributed by atoms with Crippen LogP contribution in [-0.2, 0) is 0 Å². The normalized spacial score (nSPS) is 13.4. The monoisotopic (exact) mass is 152 g/mol. The average molecular weight is 152 g/mol. The third-order valence-corrected chi connectivity index (χ3v) is 1.40. The number of likely N-dealkylation sites (N-methyl/N-ethyl adjacent to an activating group) is 1. The maximum atomic E-state index is 4.16. The average Bonchev–Trinajstić information content (AvgIpc) is 2.00. The molecule has 0 aliphatic carbocycles. The number of hydrogen-bond acceptors (Lipinski definition) is 2. The van der Waals surface area contributed by atoms with Crippen LogP contribution < -0.4 is 5.32 Å². The Balaban J connectivity index is 4.38. The lowest BCUT2D eigenvalue weighted by molar-refractivity contribution is 0.884. The zero-order valence-electron chi connectivity index (χ0n) is 7.52. The Kier molecular flexibility index (Phi) is 5.39. The molecule has 0 aromatic carbocycles. The second-order valence-electron chi connectivity index (χ2n) is 2.23. The SMILES string of the molecule is C=C/C(CNC)=C(/C)N=CC. The van der Waals surface area contributed by atoms with Gasteiger partial charge >= 0.3 is 0 Å². The minimum absolute atomic E-state index is 0.826. The van der Waals surface area contributed by atoms with E-state index < -0.39 is 0 Å². The van der Waals surface area contributed by atoms with Crippen LogP contribution in [0.2, 0.25) is 0 Å². The minimum Gasteiger partial charge on any atom is -0.316 e. The first-order chi connectivity index (χ1) is 5.26. The van der Waals surface area contributed by atoms with E-state index in [1.807, 2.05) is 27.0 Å². The Bertz CT molecular complexity index is 178. The van der Waals surface area contributed by atoms with E-state index in [-0.39, 0.29) is 0 Å². The summed E-state index contributed by atoms with van der Waals surface area (Å²) in [6.07, 6.45) is 3.62. The van der Waals surface area contributed by atoms with Gasteiger partial charge in [0.1, 0.15) is 0 Å². The number of aliphatic imine (C=N–C) groups is 1. The van der Waals surface area contributed by atoms with Crippen molar-refractivity contribution in [3.05, 3.63) is 23.9 Å². The van der Waals surface area contributed by atoms with E-state index in [4.69, 9.17) is 0 Å². The smallest absolute Gasteiger partial charge is 0.0413 e. The van der Waals surface area contributed by atoms with Crippen molar-refractivity contribution in [3.63, 3.8) is 0 Å². The number of allylic oxidation sites excluding steroid dienone is 1. The molecule has 0 aromatic heterocycles. The molecule has 2 heteroatoms. The van der Waals surface area contributed by atoms with Crippen LogP contribution in [0.25, 0.3) is 0 Å². The van der Waals surface area contributed by atoms with Gasteiger partial charge in [-0.15, -0.1) is 0 Å². The van der Waals surface area contributed by atoms with Crippen LogP contribution in [0.5, 0.6) is 0 Å². The number of nitrogens with one attached hydrogen (secondary N) is 1. The molecule has 0 rings (SSSR count). The Labute approximate surface area is 68.7 Å². The van der Waals surface area contributed by atoms with Crippen LogP contribution in [0.15, 0.2) is 28.9 Å². The lowest BCUT2D eigenvalue weighted by Crippen LogP contribution is -2.10. The molecule has 0 atom stereocenters. The molecular formula is C9H16N2. The Morgan fingerprint density at radius 2 is 2.27 bits per heavy atom. The van der Waals surface area contributed by atoms with Gasteiger partial charge in [0.05, 0.1) is 0 Å². The maximum Gasteiger partial charge on any atom is 0.0413 e. The second-order valence-corrected chi connectivity index (χ2v) is 2.23. The zero-order valence-corrected chi connectivity index (χ0v) is 7.52. The fourth-order valence-corrected chi connectivity index (χ4v) is 0.815. The van der Waals surface area contributed by atoms with Crippen molar-refractivity contribution in [2.24, 2.45) is 4.99 Å². The van der Waals surface area contributed by atoms with E-state index >= 15 is 0 Å². The van der Waals surface area contributed by atoms with Crippen molar-refractivity contribution in [2.45, 2.75) is 13.8 Å². The lowest BCUT2D eigenvalue weighted by atomic mass is 10.2. The summed E-state index contributed by atoms with van der Waals surface area (Å²) in [6, 6.07) is 0. The molecule has 0 heterocycles. The molecule has 0 aromatic rings. The van der Waals surface area contributed by atoms with Gasteiger partial charge in [-0.2, -0.15) is 0 Å². The van der Waals surface area contributed by atoms with E-state index in [0.717, 1.165) is 17.8 Å². The molecule has 0 aliphatic rings. The molecule has 2 nitrogen and oxygen atoms in total. The van der Waals surface area contributed by atoms with E-state index in [1.165, 1.54) is 0 Å². The third kappa shape index (κ3) is 3.73. The van der Waals surface area contributed by atoms with Crippen LogP contribution in [0.3, 0.4) is 0 Å². The van der Waals surface area contributed by atoms with Crippen molar-refractivity contribution in [1.82, 2.24) is 5.32 Å². The van der Waals surface area contributed by atoms with Gasteiger partial charge in [0.25, 0.3) is 0 Å². The van der Waals surface area contributed by atoms with Crippen molar-refractivity contribution < 1.29 is 0 Å². The topological polar surface area (TPSA) is 24.4 Å². The van der Waals surface area contributed by atoms with E-state index in [0.29, 0.717) is 0 Å². The van der Waals surface area contributed by atoms with Gasteiger partial charge in [-0.3, -0.25) is 4.99 Å². The third-order valence-electron chi connectivity index (χ3n) is 1.40. The van der Waals surface area contributed by atoms with Gasteiger partial charge in [-0.25, -0.2) is 0 Å². The van der Waals surface area contributed by atoms with Crippen molar-refractivity contribution in [2.75, 3.05) is 13.6 Å². The van der Waals surface area contributed by atoms with Gasteiger partial charge in [0.15, 0.2) is 0 Å². The largest absolute Gasteiger partial charge is 0.316 e. The standard InChI is InChI=1S/C9H16N2/c1-5-9(7-10-4)8(3)11-6-2/h5-6,10H,1,7H2,2-4H3/b9-8+,11-6?. The molecule has 0 amide bonds. The van der Waals surface area contributed by atoms with Crippen molar-refractivity contribution >= 4 is 6.21 Å². The molecule has 1 N–H and O–H groups in total. The van der Waals surface area contributed by atoms with Gasteiger partial charge in [0, 0.05) is 18.5 Å². The van der Waals surface area contributed by atoms with Crippen LogP contribution in [0.4, 0.5) is 0 Å². The Morgan fingerprint density at radius 3 is 2.64 bits per heavy atom. The molecule has 11 heavy (non-hydrogen) atoms. The van der Waals surface area contributed by atoms with Crippen molar-refractivity contribution in [1.29, 1.82) is 0 Å². The predicted octanol–water partition coefficient (Wildman–Crippen LogP) is 1.76. The number of hydrogen-bond donors (Lipinski definition) is 1. The first kappa shape index (κ1) is 10.1. The number of rotatable bonds is 4. The van der Waals surface area contributed by atoms with E-state index in [1.54, 1.807) is 6.21 Å². The maximum absolute atomic E-state index is 4.16. The summed E-state index contributed by atoms with van der Waals surface area (Å²) in [4.78, 5) is 4.16. The van der Waals surface area contributed by atoms with Crippen molar-refractivity contribution in [3.8, 4) is 0 Å². The van der Waals surface area contributed by atoms with Crippen LogP contribution in [-0.4, -0.2) is 19.8 Å². The minimum atomic E-state index is 0.826. The van der Waals surface area contributed by atoms with Crippen LogP contribution in [0, 0.1) is 0 Å². The second kappa shape index (κ2) is 5.86. The summed E-state index contributed by atoms with van der Waals surface area (Å²) in [5, 5.41) is 3.06. The highest BCUT2D eigenvalue weighted by molar-refractivity contribution is 5.55. The summed E-state index contributed by atoms with van der Waals surface area (Å²) >= 11 is 0. The van der Waals surface area contributed by atoms with Gasteiger partial charge in [-0.05, 0) is 26.5 Å². The highest BCUT2D eigenvalue weighted by Crippen LogP contribution is 2.04. The summed E-state index contributed by atoms with van der Waals surface area (Å²) in [5.41, 5.74) is 2.17. The molecule has 62 valence electrons. The first-order valence-corrected chi connectivity index (χ1v) is 3.71. The molecule has 0 unspecified atom stereocenters. The highest BCUT2D eigenvalue weighted by atomic mass is 14.8. The van der Waals surface area contributed by atoms with Crippen LogP contribution in [0.1, 0.15) is 13.8 Å². The molecule has 0 radical (unpaired) electrons. The van der Waals surface area contributed by atoms with E-state index in [9.17, 15) is 0 Å². The predicted molar refractivity (Wildman–Crippen MR) is 51.0 cm³/mol. The lowest BCUT2D eigenvalue weighted by Gasteiger charge is -2.02. The Hall–Kier alpha value is -0.890. The summed E-state index contributed by atoms with van der Waals surface area (Å²) in [5.74, 6) is 0. The highest BCUT2D eigenvalue weighted by Gasteiger charge is 1.93. The van der Waals surface area contributed by atoms with Crippen LogP contribution >= 0.6 is 0 Å². The molecule has 0 bridgehead atoms. The summed E-state index contributed by atoms with van der Waals surface area (Å²) in [7, 11) is 1.91. The summed E-state index contributed by atoms with van der Waals surface area (Å²) < 4.78 is 0. The molecule has 0 saturated carbocycles. The zero-order chi connectivity index (χ0) is 8.69. The molecule has 0 fully saturated rings.